The van der Waals surface area contributed by atoms with Gasteiger partial charge in [0.15, 0.2) is 0 Å². The first kappa shape index (κ1) is 9.92. The minimum absolute atomic E-state index is 0.591. The van der Waals surface area contributed by atoms with E-state index in [-0.39, 0.29) is 0 Å². The molecule has 62 valence electrons. The Morgan fingerprint density at radius 3 is 1.40 bits per heavy atom. The molecule has 10 heavy (non-hydrogen) atoms. The van der Waals surface area contributed by atoms with Gasteiger partial charge in [-0.2, -0.15) is 0 Å². The molecule has 0 aromatic rings. The molecule has 0 fully saturated rings. The van der Waals surface area contributed by atoms with Crippen LogP contribution in [0.25, 0.3) is 0 Å². The zero-order valence-corrected chi connectivity index (χ0v) is 7.56. The Bertz CT molecular complexity index is 69.3. The molecule has 0 bridgehead atoms. The standard InChI is InChI=1S/C8H20N2/c1-6(4-7(2)9)5-8(3)10/h6-8H,4-5,9-10H2,1-3H3/p+2. The highest BCUT2D eigenvalue weighted by molar-refractivity contribution is 4.58. The Kier molecular flexibility index (Phi) is 4.65. The minimum atomic E-state index is 0.591. The van der Waals surface area contributed by atoms with E-state index in [0.717, 1.165) is 5.92 Å². The lowest BCUT2D eigenvalue weighted by Gasteiger charge is -2.12. The fourth-order valence-electron chi connectivity index (χ4n) is 1.47. The Labute approximate surface area is 64.0 Å². The molecule has 0 aliphatic rings. The fraction of sp³-hybridized carbons (Fsp3) is 1.00. The minimum Gasteiger partial charge on any atom is -0.355 e. The molecule has 2 unspecified atom stereocenters. The van der Waals surface area contributed by atoms with Gasteiger partial charge >= 0.3 is 0 Å². The molecular formula is C8H22N2+2. The first-order chi connectivity index (χ1) is 4.52. The lowest BCUT2D eigenvalue weighted by atomic mass is 9.97. The largest absolute Gasteiger partial charge is 0.355 e. The topological polar surface area (TPSA) is 55.3 Å². The summed E-state index contributed by atoms with van der Waals surface area (Å²) < 4.78 is 0. The van der Waals surface area contributed by atoms with Gasteiger partial charge in [-0.15, -0.1) is 0 Å². The molecule has 0 saturated carbocycles. The molecule has 0 radical (unpaired) electrons. The number of rotatable bonds is 4. The van der Waals surface area contributed by atoms with Crippen LogP contribution in [-0.4, -0.2) is 12.1 Å². The van der Waals surface area contributed by atoms with Crippen molar-refractivity contribution >= 4 is 0 Å². The summed E-state index contributed by atoms with van der Waals surface area (Å²) in [5, 5.41) is 0. The van der Waals surface area contributed by atoms with Crippen LogP contribution < -0.4 is 11.5 Å². The molecular weight excluding hydrogens is 124 g/mol. The summed E-state index contributed by atoms with van der Waals surface area (Å²) in [5.74, 6) is 0.792. The van der Waals surface area contributed by atoms with Gasteiger partial charge in [-0.1, -0.05) is 6.92 Å². The summed E-state index contributed by atoms with van der Waals surface area (Å²) in [7, 11) is 0. The second-order valence-corrected chi connectivity index (χ2v) is 3.79. The molecule has 2 heteroatoms. The van der Waals surface area contributed by atoms with Crippen LogP contribution in [0.3, 0.4) is 0 Å². The Hall–Kier alpha value is -0.0800. The lowest BCUT2D eigenvalue weighted by molar-refractivity contribution is -0.425. The smallest absolute Gasteiger partial charge is 0.0817 e. The van der Waals surface area contributed by atoms with Crippen molar-refractivity contribution in [3.63, 3.8) is 0 Å². The number of quaternary nitrogens is 2. The zero-order chi connectivity index (χ0) is 8.15. The zero-order valence-electron chi connectivity index (χ0n) is 7.56. The summed E-state index contributed by atoms with van der Waals surface area (Å²) in [4.78, 5) is 0. The van der Waals surface area contributed by atoms with E-state index >= 15 is 0 Å². The van der Waals surface area contributed by atoms with Crippen LogP contribution in [0.1, 0.15) is 33.6 Å². The van der Waals surface area contributed by atoms with E-state index in [9.17, 15) is 0 Å². The molecule has 0 spiro atoms. The van der Waals surface area contributed by atoms with Gasteiger partial charge in [-0.05, 0) is 19.8 Å². The molecule has 0 aliphatic heterocycles. The van der Waals surface area contributed by atoms with E-state index in [1.54, 1.807) is 0 Å². The van der Waals surface area contributed by atoms with Gasteiger partial charge in [0, 0.05) is 12.8 Å². The predicted molar refractivity (Wildman–Crippen MR) is 43.1 cm³/mol. The molecule has 0 amide bonds. The summed E-state index contributed by atoms with van der Waals surface area (Å²) in [6, 6.07) is 1.18. The summed E-state index contributed by atoms with van der Waals surface area (Å²) in [6.07, 6.45) is 2.47. The van der Waals surface area contributed by atoms with Gasteiger partial charge in [-0.25, -0.2) is 0 Å². The molecule has 0 heterocycles. The fourth-order valence-corrected chi connectivity index (χ4v) is 1.47. The SMILES string of the molecule is CC([NH3+])CC(C)CC(C)[NH3+]. The highest BCUT2D eigenvalue weighted by atomic mass is 14.6. The van der Waals surface area contributed by atoms with Crippen molar-refractivity contribution in [2.45, 2.75) is 45.7 Å². The van der Waals surface area contributed by atoms with Gasteiger partial charge in [-0.3, -0.25) is 0 Å². The van der Waals surface area contributed by atoms with Crippen LogP contribution in [0, 0.1) is 5.92 Å². The van der Waals surface area contributed by atoms with E-state index in [1.807, 2.05) is 0 Å². The first-order valence-electron chi connectivity index (χ1n) is 4.18. The van der Waals surface area contributed by atoms with Crippen LogP contribution >= 0.6 is 0 Å². The second kappa shape index (κ2) is 4.69. The number of hydrogen-bond donors (Lipinski definition) is 2. The molecule has 0 aromatic heterocycles. The third-order valence-corrected chi connectivity index (χ3v) is 1.61. The van der Waals surface area contributed by atoms with E-state index < -0.39 is 0 Å². The van der Waals surface area contributed by atoms with E-state index in [2.05, 4.69) is 32.2 Å². The van der Waals surface area contributed by atoms with E-state index in [4.69, 9.17) is 0 Å². The highest BCUT2D eigenvalue weighted by Gasteiger charge is 2.10. The number of hydrogen-bond acceptors (Lipinski definition) is 0. The maximum atomic E-state index is 3.97. The molecule has 6 N–H and O–H groups in total. The molecule has 0 aromatic carbocycles. The lowest BCUT2D eigenvalue weighted by Crippen LogP contribution is -2.61. The van der Waals surface area contributed by atoms with Crippen molar-refractivity contribution in [1.29, 1.82) is 0 Å². The quantitative estimate of drug-likeness (QED) is 0.545. The van der Waals surface area contributed by atoms with Gasteiger partial charge in [0.2, 0.25) is 0 Å². The predicted octanol–water partition coefficient (Wildman–Crippen LogP) is -0.336. The van der Waals surface area contributed by atoms with Crippen LogP contribution in [0.15, 0.2) is 0 Å². The third-order valence-electron chi connectivity index (χ3n) is 1.61. The maximum Gasteiger partial charge on any atom is 0.0817 e. The average molecular weight is 146 g/mol. The summed E-state index contributed by atoms with van der Waals surface area (Å²) in [5.41, 5.74) is 7.93. The van der Waals surface area contributed by atoms with Gasteiger partial charge in [0.1, 0.15) is 0 Å². The van der Waals surface area contributed by atoms with Crippen molar-refractivity contribution in [1.82, 2.24) is 0 Å². The van der Waals surface area contributed by atoms with E-state index in [0.29, 0.717) is 12.1 Å². The van der Waals surface area contributed by atoms with Crippen LogP contribution in [-0.2, 0) is 0 Å². The van der Waals surface area contributed by atoms with Crippen LogP contribution in [0.4, 0.5) is 0 Å². The summed E-state index contributed by atoms with van der Waals surface area (Å²) in [6.45, 7) is 6.62. The van der Waals surface area contributed by atoms with Gasteiger partial charge < -0.3 is 11.5 Å². The van der Waals surface area contributed by atoms with Crippen molar-refractivity contribution in [2.24, 2.45) is 5.92 Å². The van der Waals surface area contributed by atoms with Crippen LogP contribution in [0.2, 0.25) is 0 Å². The molecule has 0 saturated heterocycles. The Morgan fingerprint density at radius 2 is 1.20 bits per heavy atom. The molecule has 0 aliphatic carbocycles. The third kappa shape index (κ3) is 6.05. The maximum absolute atomic E-state index is 3.97. The summed E-state index contributed by atoms with van der Waals surface area (Å²) >= 11 is 0. The second-order valence-electron chi connectivity index (χ2n) is 3.79. The van der Waals surface area contributed by atoms with Crippen molar-refractivity contribution in [3.8, 4) is 0 Å². The van der Waals surface area contributed by atoms with Crippen molar-refractivity contribution < 1.29 is 11.5 Å². The van der Waals surface area contributed by atoms with Gasteiger partial charge in [0.25, 0.3) is 0 Å². The Balaban J connectivity index is 3.34. The average Bonchev–Trinajstić information content (AvgIpc) is 1.58. The van der Waals surface area contributed by atoms with Crippen molar-refractivity contribution in [2.75, 3.05) is 0 Å². The molecule has 2 nitrogen and oxygen atoms in total. The Morgan fingerprint density at radius 1 is 0.900 bits per heavy atom. The first-order valence-corrected chi connectivity index (χ1v) is 4.18. The normalized spacial score (nSPS) is 20.1. The van der Waals surface area contributed by atoms with Crippen molar-refractivity contribution in [3.05, 3.63) is 0 Å². The monoisotopic (exact) mass is 146 g/mol. The van der Waals surface area contributed by atoms with Crippen LogP contribution in [0.5, 0.6) is 0 Å². The molecule has 2 atom stereocenters. The van der Waals surface area contributed by atoms with Gasteiger partial charge in [0.05, 0.1) is 12.1 Å². The highest BCUT2D eigenvalue weighted by Crippen LogP contribution is 2.08. The molecule has 0 rings (SSSR count). The van der Waals surface area contributed by atoms with E-state index in [1.165, 1.54) is 12.8 Å².